The molecular weight excluding hydrogens is 425 g/mol. The highest BCUT2D eigenvalue weighted by Crippen LogP contribution is 2.20. The van der Waals surface area contributed by atoms with Crippen LogP contribution >= 0.6 is 15.9 Å². The van der Waals surface area contributed by atoms with Crippen LogP contribution in [0.1, 0.15) is 24.0 Å². The van der Waals surface area contributed by atoms with E-state index in [1.54, 1.807) is 6.07 Å². The molecule has 28 heavy (non-hydrogen) atoms. The van der Waals surface area contributed by atoms with E-state index in [4.69, 9.17) is 4.74 Å². The molecule has 0 spiro atoms. The van der Waals surface area contributed by atoms with Crippen LogP contribution in [0.4, 0.5) is 9.18 Å². The molecule has 0 aliphatic carbocycles. The predicted molar refractivity (Wildman–Crippen MR) is 111 cm³/mol. The zero-order valence-electron chi connectivity index (χ0n) is 15.9. The van der Waals surface area contributed by atoms with Gasteiger partial charge in [-0.2, -0.15) is 0 Å². The minimum atomic E-state index is -0.335. The smallest absolute Gasteiger partial charge is 0.315 e. The van der Waals surface area contributed by atoms with Crippen molar-refractivity contribution >= 4 is 22.0 Å². The molecule has 0 radical (unpaired) electrons. The number of methoxy groups -OCH3 is 1. The Morgan fingerprint density at radius 3 is 2.68 bits per heavy atom. The molecule has 2 aromatic carbocycles. The number of rotatable bonds is 6. The third-order valence-corrected chi connectivity index (χ3v) is 5.38. The topological polar surface area (TPSA) is 53.6 Å². The van der Waals surface area contributed by atoms with Crippen LogP contribution in [0.2, 0.25) is 0 Å². The maximum Gasteiger partial charge on any atom is 0.315 e. The number of benzene rings is 2. The van der Waals surface area contributed by atoms with E-state index in [1.807, 2.05) is 30.3 Å². The van der Waals surface area contributed by atoms with Crippen LogP contribution in [0.5, 0.6) is 5.75 Å². The Morgan fingerprint density at radius 2 is 2.00 bits per heavy atom. The first-order chi connectivity index (χ1) is 13.5. The number of nitrogens with zero attached hydrogens (tertiary/aromatic N) is 1. The first kappa shape index (κ1) is 20.6. The second-order valence-corrected chi connectivity index (χ2v) is 7.89. The summed E-state index contributed by atoms with van der Waals surface area (Å²) in [5.41, 5.74) is 1.97. The number of urea groups is 1. The normalized spacial score (nSPS) is 15.2. The van der Waals surface area contributed by atoms with Crippen LogP contribution in [0.3, 0.4) is 0 Å². The maximum atomic E-state index is 13.8. The molecule has 0 saturated carbocycles. The van der Waals surface area contributed by atoms with Crippen molar-refractivity contribution in [1.82, 2.24) is 15.5 Å². The zero-order chi connectivity index (χ0) is 19.9. The number of hydrogen-bond donors (Lipinski definition) is 2. The zero-order valence-corrected chi connectivity index (χ0v) is 17.5. The van der Waals surface area contributed by atoms with E-state index in [-0.39, 0.29) is 23.6 Å². The van der Waals surface area contributed by atoms with Gasteiger partial charge in [-0.1, -0.05) is 34.1 Å². The standard InChI is InChI=1S/C21H25BrFN3O2/c1-28-20-6-5-16(12-19(20)23)14-26-9-7-18(8-10-26)25-21(27)24-13-15-3-2-4-17(22)11-15/h2-6,11-12,18H,7-10,13-14H2,1H3,(H2,24,25,27). The van der Waals surface area contributed by atoms with Gasteiger partial charge in [0, 0.05) is 36.7 Å². The molecule has 1 aliphatic rings. The lowest BCUT2D eigenvalue weighted by atomic mass is 10.0. The Balaban J connectivity index is 1.40. The van der Waals surface area contributed by atoms with Gasteiger partial charge in [-0.3, -0.25) is 4.90 Å². The van der Waals surface area contributed by atoms with Gasteiger partial charge >= 0.3 is 6.03 Å². The van der Waals surface area contributed by atoms with Crippen LogP contribution in [-0.2, 0) is 13.1 Å². The minimum Gasteiger partial charge on any atom is -0.494 e. The molecule has 0 bridgehead atoms. The van der Waals surface area contributed by atoms with E-state index < -0.39 is 0 Å². The van der Waals surface area contributed by atoms with E-state index in [0.29, 0.717) is 13.1 Å². The number of halogens is 2. The summed E-state index contributed by atoms with van der Waals surface area (Å²) < 4.78 is 19.8. The monoisotopic (exact) mass is 449 g/mol. The van der Waals surface area contributed by atoms with Crippen molar-refractivity contribution in [2.24, 2.45) is 0 Å². The van der Waals surface area contributed by atoms with Crippen LogP contribution in [0.15, 0.2) is 46.9 Å². The van der Waals surface area contributed by atoms with Crippen molar-refractivity contribution in [1.29, 1.82) is 0 Å². The van der Waals surface area contributed by atoms with Crippen LogP contribution in [0.25, 0.3) is 0 Å². The van der Waals surface area contributed by atoms with Crippen LogP contribution in [-0.4, -0.2) is 37.2 Å². The first-order valence-electron chi connectivity index (χ1n) is 9.37. The molecule has 2 amide bonds. The number of hydrogen-bond acceptors (Lipinski definition) is 3. The van der Waals surface area contributed by atoms with Gasteiger partial charge in [-0.25, -0.2) is 9.18 Å². The van der Waals surface area contributed by atoms with Crippen molar-refractivity contribution in [3.63, 3.8) is 0 Å². The van der Waals surface area contributed by atoms with Crippen LogP contribution < -0.4 is 15.4 Å². The average Bonchev–Trinajstić information content (AvgIpc) is 2.68. The molecule has 1 heterocycles. The quantitative estimate of drug-likeness (QED) is 0.698. The Kier molecular flexibility index (Phi) is 7.28. The Morgan fingerprint density at radius 1 is 1.21 bits per heavy atom. The molecule has 1 saturated heterocycles. The first-order valence-corrected chi connectivity index (χ1v) is 10.2. The number of ether oxygens (including phenoxy) is 1. The Bertz CT molecular complexity index is 810. The van der Waals surface area contributed by atoms with Crippen molar-refractivity contribution < 1.29 is 13.9 Å². The van der Waals surface area contributed by atoms with Crippen molar-refractivity contribution in [2.75, 3.05) is 20.2 Å². The average molecular weight is 450 g/mol. The van der Waals surface area contributed by atoms with Gasteiger partial charge < -0.3 is 15.4 Å². The summed E-state index contributed by atoms with van der Waals surface area (Å²) in [6, 6.07) is 13.0. The molecular formula is C21H25BrFN3O2. The summed E-state index contributed by atoms with van der Waals surface area (Å²) in [5.74, 6) is -0.0702. The fourth-order valence-electron chi connectivity index (χ4n) is 3.37. The van der Waals surface area contributed by atoms with E-state index in [9.17, 15) is 9.18 Å². The summed E-state index contributed by atoms with van der Waals surface area (Å²) in [7, 11) is 1.46. The van der Waals surface area contributed by atoms with Gasteiger partial charge in [0.2, 0.25) is 0 Å². The summed E-state index contributed by atoms with van der Waals surface area (Å²) in [6.45, 7) is 2.92. The summed E-state index contributed by atoms with van der Waals surface area (Å²) in [6.07, 6.45) is 1.76. The molecule has 2 aromatic rings. The fraction of sp³-hybridized carbons (Fsp3) is 0.381. The largest absolute Gasteiger partial charge is 0.494 e. The third kappa shape index (κ3) is 5.94. The third-order valence-electron chi connectivity index (χ3n) is 4.89. The number of nitrogens with one attached hydrogen (secondary N) is 2. The number of amides is 2. The van der Waals surface area contributed by atoms with E-state index >= 15 is 0 Å². The van der Waals surface area contributed by atoms with Crippen LogP contribution in [0, 0.1) is 5.82 Å². The van der Waals surface area contributed by atoms with Gasteiger partial charge in [0.25, 0.3) is 0 Å². The lowest BCUT2D eigenvalue weighted by Gasteiger charge is -2.32. The van der Waals surface area contributed by atoms with Gasteiger partial charge in [0.15, 0.2) is 11.6 Å². The molecule has 150 valence electrons. The molecule has 0 atom stereocenters. The van der Waals surface area contributed by atoms with E-state index in [2.05, 4.69) is 31.5 Å². The SMILES string of the molecule is COc1ccc(CN2CCC(NC(=O)NCc3cccc(Br)c3)CC2)cc1F. The number of carbonyl (C=O) groups is 1. The van der Waals surface area contributed by atoms with Crippen molar-refractivity contribution in [2.45, 2.75) is 32.0 Å². The van der Waals surface area contributed by atoms with Crippen molar-refractivity contribution in [3.05, 3.63) is 63.9 Å². The highest BCUT2D eigenvalue weighted by Gasteiger charge is 2.21. The fourth-order valence-corrected chi connectivity index (χ4v) is 3.81. The summed E-state index contributed by atoms with van der Waals surface area (Å²) >= 11 is 3.43. The second kappa shape index (κ2) is 9.89. The molecule has 1 fully saturated rings. The van der Waals surface area contributed by atoms with Crippen molar-refractivity contribution in [3.8, 4) is 5.75 Å². The Labute approximate surface area is 173 Å². The minimum absolute atomic E-state index is 0.143. The highest BCUT2D eigenvalue weighted by atomic mass is 79.9. The van der Waals surface area contributed by atoms with Gasteiger partial charge in [0.05, 0.1) is 7.11 Å². The van der Waals surface area contributed by atoms with Gasteiger partial charge in [0.1, 0.15) is 0 Å². The van der Waals surface area contributed by atoms with E-state index in [1.165, 1.54) is 13.2 Å². The summed E-state index contributed by atoms with van der Waals surface area (Å²) in [5, 5.41) is 5.95. The van der Waals surface area contributed by atoms with Gasteiger partial charge in [-0.05, 0) is 48.2 Å². The number of likely N-dealkylation sites (tertiary alicyclic amines) is 1. The predicted octanol–water partition coefficient (Wildman–Crippen LogP) is 4.06. The molecule has 2 N–H and O–H groups in total. The molecule has 0 unspecified atom stereocenters. The molecule has 3 rings (SSSR count). The summed E-state index contributed by atoms with van der Waals surface area (Å²) in [4.78, 5) is 14.4. The number of carbonyl (C=O) groups excluding carboxylic acids is 1. The lowest BCUT2D eigenvalue weighted by Crippen LogP contribution is -2.47. The molecule has 0 aromatic heterocycles. The Hall–Kier alpha value is -2.12. The second-order valence-electron chi connectivity index (χ2n) is 6.98. The number of piperidine rings is 1. The lowest BCUT2D eigenvalue weighted by molar-refractivity contribution is 0.186. The molecule has 7 heteroatoms. The maximum absolute atomic E-state index is 13.8. The molecule has 1 aliphatic heterocycles. The molecule has 5 nitrogen and oxygen atoms in total. The van der Waals surface area contributed by atoms with E-state index in [0.717, 1.165) is 41.5 Å². The van der Waals surface area contributed by atoms with Gasteiger partial charge in [-0.15, -0.1) is 0 Å². The highest BCUT2D eigenvalue weighted by molar-refractivity contribution is 9.10.